The maximum atomic E-state index is 14.3. The first-order chi connectivity index (χ1) is 14.0. The van der Waals surface area contributed by atoms with Crippen LogP contribution < -0.4 is 9.64 Å². The van der Waals surface area contributed by atoms with Gasteiger partial charge in [0.1, 0.15) is 11.6 Å². The monoisotopic (exact) mass is 389 g/mol. The molecule has 1 saturated heterocycles. The molecule has 0 spiro atoms. The zero-order chi connectivity index (χ0) is 20.4. The van der Waals surface area contributed by atoms with Gasteiger partial charge in [-0.15, -0.1) is 0 Å². The molecule has 0 aromatic heterocycles. The molecule has 0 bridgehead atoms. The Morgan fingerprint density at radius 2 is 1.83 bits per heavy atom. The molecule has 1 fully saturated rings. The number of aryl methyl sites for hydroxylation is 1. The first-order valence-electron chi connectivity index (χ1n) is 10.3. The van der Waals surface area contributed by atoms with Crippen molar-refractivity contribution in [1.82, 2.24) is 0 Å². The lowest BCUT2D eigenvalue weighted by atomic mass is 9.95. The van der Waals surface area contributed by atoms with Crippen LogP contribution in [0.3, 0.4) is 0 Å². The molecule has 1 aliphatic rings. The van der Waals surface area contributed by atoms with Gasteiger partial charge in [-0.2, -0.15) is 0 Å². The highest BCUT2D eigenvalue weighted by Gasteiger charge is 2.18. The third kappa shape index (κ3) is 4.29. The van der Waals surface area contributed by atoms with Gasteiger partial charge in [-0.25, -0.2) is 4.39 Å². The Bertz CT molecular complexity index is 996. The minimum absolute atomic E-state index is 0.232. The number of halogens is 1. The molecule has 3 aromatic rings. The minimum atomic E-state index is -0.232. The number of rotatable bonds is 5. The second-order valence-electron chi connectivity index (χ2n) is 8.17. The number of methoxy groups -OCH3 is 1. The number of hydrogen-bond donors (Lipinski definition) is 0. The first-order valence-corrected chi connectivity index (χ1v) is 10.3. The van der Waals surface area contributed by atoms with E-state index in [-0.39, 0.29) is 5.82 Å². The summed E-state index contributed by atoms with van der Waals surface area (Å²) in [5, 5.41) is 0. The van der Waals surface area contributed by atoms with Crippen molar-refractivity contribution in [2.45, 2.75) is 26.7 Å². The molecule has 2 nitrogen and oxygen atoms in total. The van der Waals surface area contributed by atoms with Crippen molar-refractivity contribution >= 4 is 5.69 Å². The fraction of sp³-hybridized carbons (Fsp3) is 0.308. The number of ether oxygens (including phenoxy) is 1. The van der Waals surface area contributed by atoms with Gasteiger partial charge in [0.25, 0.3) is 0 Å². The van der Waals surface area contributed by atoms with E-state index in [1.54, 1.807) is 19.2 Å². The second kappa shape index (κ2) is 8.28. The molecule has 3 aromatic carbocycles. The van der Waals surface area contributed by atoms with Crippen LogP contribution in [0.15, 0.2) is 60.7 Å². The van der Waals surface area contributed by atoms with Crippen LogP contribution in [-0.4, -0.2) is 20.2 Å². The molecular weight excluding hydrogens is 361 g/mol. The highest BCUT2D eigenvalue weighted by molar-refractivity contribution is 5.67. The number of hydrogen-bond acceptors (Lipinski definition) is 2. The molecule has 1 aliphatic heterocycles. The van der Waals surface area contributed by atoms with Gasteiger partial charge in [-0.05, 0) is 78.3 Å². The van der Waals surface area contributed by atoms with Gasteiger partial charge in [0.2, 0.25) is 0 Å². The lowest BCUT2D eigenvalue weighted by Gasteiger charge is -2.18. The average molecular weight is 390 g/mol. The molecule has 3 heteroatoms. The van der Waals surface area contributed by atoms with Crippen LogP contribution in [0.5, 0.6) is 5.75 Å². The Labute approximate surface area is 172 Å². The standard InChI is InChI=1S/C26H28FNO/c1-18-12-13-28(17-18)23-8-4-20(5-9-23)15-21-6-7-22(14-19(21)2)25-16-24(29-3)10-11-26(25)27/h4-11,14,16,18H,12-13,15,17H2,1-3H3. The van der Waals surface area contributed by atoms with Crippen LogP contribution in [0.25, 0.3) is 11.1 Å². The fourth-order valence-corrected chi connectivity index (χ4v) is 4.13. The lowest BCUT2D eigenvalue weighted by Crippen LogP contribution is -2.18. The van der Waals surface area contributed by atoms with E-state index < -0.39 is 0 Å². The lowest BCUT2D eigenvalue weighted by molar-refractivity contribution is 0.414. The van der Waals surface area contributed by atoms with Gasteiger partial charge in [-0.1, -0.05) is 37.3 Å². The van der Waals surface area contributed by atoms with Crippen LogP contribution >= 0.6 is 0 Å². The van der Waals surface area contributed by atoms with Crippen molar-refractivity contribution in [3.63, 3.8) is 0 Å². The Hall–Kier alpha value is -2.81. The van der Waals surface area contributed by atoms with E-state index in [0.29, 0.717) is 11.3 Å². The molecular formula is C26H28FNO. The Balaban J connectivity index is 1.51. The van der Waals surface area contributed by atoms with Gasteiger partial charge in [-0.3, -0.25) is 0 Å². The number of nitrogens with zero attached hydrogens (tertiary/aromatic N) is 1. The van der Waals surface area contributed by atoms with E-state index in [2.05, 4.69) is 55.1 Å². The van der Waals surface area contributed by atoms with Crippen molar-refractivity contribution < 1.29 is 9.13 Å². The number of benzene rings is 3. The summed E-state index contributed by atoms with van der Waals surface area (Å²) in [7, 11) is 1.60. The van der Waals surface area contributed by atoms with E-state index in [1.807, 2.05) is 6.07 Å². The van der Waals surface area contributed by atoms with Crippen molar-refractivity contribution in [2.24, 2.45) is 5.92 Å². The summed E-state index contributed by atoms with van der Waals surface area (Å²) in [6, 6.07) is 20.0. The van der Waals surface area contributed by atoms with Crippen molar-refractivity contribution in [1.29, 1.82) is 0 Å². The second-order valence-corrected chi connectivity index (χ2v) is 8.17. The summed E-state index contributed by atoms with van der Waals surface area (Å²) in [6.07, 6.45) is 2.16. The van der Waals surface area contributed by atoms with Crippen molar-refractivity contribution in [2.75, 3.05) is 25.1 Å². The third-order valence-electron chi connectivity index (χ3n) is 5.95. The summed E-state index contributed by atoms with van der Waals surface area (Å²) < 4.78 is 19.5. The molecule has 4 rings (SSSR count). The fourth-order valence-electron chi connectivity index (χ4n) is 4.13. The van der Waals surface area contributed by atoms with Gasteiger partial charge in [0.05, 0.1) is 7.11 Å². The highest BCUT2D eigenvalue weighted by atomic mass is 19.1. The van der Waals surface area contributed by atoms with E-state index in [0.717, 1.165) is 31.0 Å². The van der Waals surface area contributed by atoms with Gasteiger partial charge < -0.3 is 9.64 Å². The summed E-state index contributed by atoms with van der Waals surface area (Å²) in [4.78, 5) is 2.47. The van der Waals surface area contributed by atoms with Crippen LogP contribution in [-0.2, 0) is 6.42 Å². The molecule has 1 unspecified atom stereocenters. The van der Waals surface area contributed by atoms with Crippen LogP contribution in [0.2, 0.25) is 0 Å². The topological polar surface area (TPSA) is 12.5 Å². The molecule has 1 heterocycles. The molecule has 0 N–H and O–H groups in total. The maximum Gasteiger partial charge on any atom is 0.131 e. The van der Waals surface area contributed by atoms with Crippen LogP contribution in [0.1, 0.15) is 30.0 Å². The SMILES string of the molecule is COc1ccc(F)c(-c2ccc(Cc3ccc(N4CCC(C)C4)cc3)c(C)c2)c1. The third-order valence-corrected chi connectivity index (χ3v) is 5.95. The van der Waals surface area contributed by atoms with E-state index in [1.165, 1.54) is 34.9 Å². The molecule has 0 saturated carbocycles. The predicted molar refractivity (Wildman–Crippen MR) is 118 cm³/mol. The largest absolute Gasteiger partial charge is 0.497 e. The maximum absolute atomic E-state index is 14.3. The Morgan fingerprint density at radius 3 is 2.48 bits per heavy atom. The first kappa shape index (κ1) is 19.5. The normalized spacial score (nSPS) is 16.3. The molecule has 0 radical (unpaired) electrons. The van der Waals surface area contributed by atoms with E-state index in [4.69, 9.17) is 4.74 Å². The molecule has 1 atom stereocenters. The van der Waals surface area contributed by atoms with Gasteiger partial charge in [0, 0.05) is 24.3 Å². The van der Waals surface area contributed by atoms with Crippen LogP contribution in [0.4, 0.5) is 10.1 Å². The van der Waals surface area contributed by atoms with Crippen molar-refractivity contribution in [3.8, 4) is 16.9 Å². The van der Waals surface area contributed by atoms with E-state index in [9.17, 15) is 4.39 Å². The Kier molecular flexibility index (Phi) is 5.57. The minimum Gasteiger partial charge on any atom is -0.497 e. The molecule has 0 amide bonds. The van der Waals surface area contributed by atoms with Gasteiger partial charge >= 0.3 is 0 Å². The summed E-state index contributed by atoms with van der Waals surface area (Å²) >= 11 is 0. The molecule has 29 heavy (non-hydrogen) atoms. The predicted octanol–water partition coefficient (Wildman–Crippen LogP) is 6.25. The molecule has 0 aliphatic carbocycles. The average Bonchev–Trinajstić information content (AvgIpc) is 3.17. The quantitative estimate of drug-likeness (QED) is 0.512. The van der Waals surface area contributed by atoms with Gasteiger partial charge in [0.15, 0.2) is 0 Å². The van der Waals surface area contributed by atoms with Crippen LogP contribution in [0, 0.1) is 18.7 Å². The summed E-state index contributed by atoms with van der Waals surface area (Å²) in [5.74, 6) is 1.21. The number of anilines is 1. The molecule has 150 valence electrons. The smallest absolute Gasteiger partial charge is 0.131 e. The summed E-state index contributed by atoms with van der Waals surface area (Å²) in [6.45, 7) is 6.72. The van der Waals surface area contributed by atoms with E-state index >= 15 is 0 Å². The zero-order valence-corrected chi connectivity index (χ0v) is 17.4. The van der Waals surface area contributed by atoms with Crippen molar-refractivity contribution in [3.05, 3.63) is 83.2 Å². The Morgan fingerprint density at radius 1 is 1.03 bits per heavy atom. The highest BCUT2D eigenvalue weighted by Crippen LogP contribution is 2.30. The summed E-state index contributed by atoms with van der Waals surface area (Å²) in [5.41, 5.74) is 6.49. The zero-order valence-electron chi connectivity index (χ0n) is 17.4.